The van der Waals surface area contributed by atoms with Crippen molar-refractivity contribution in [2.45, 2.75) is 70.2 Å². The minimum absolute atomic E-state index is 0.0163. The highest BCUT2D eigenvalue weighted by atomic mass is 16.6. The zero-order chi connectivity index (χ0) is 17.1. The molecular formula is C17H30O6. The van der Waals surface area contributed by atoms with Gasteiger partial charge in [0, 0.05) is 11.8 Å². The predicted molar refractivity (Wildman–Crippen MR) is 84.8 cm³/mol. The number of epoxide rings is 1. The molecule has 0 aromatic carbocycles. The molecule has 8 unspecified atom stereocenters. The lowest BCUT2D eigenvalue weighted by atomic mass is 9.85. The fraction of sp³-hybridized carbons (Fsp3) is 0.882. The number of hydrogen-bond donors (Lipinski definition) is 4. The van der Waals surface area contributed by atoms with Gasteiger partial charge in [-0.25, -0.2) is 0 Å². The van der Waals surface area contributed by atoms with Gasteiger partial charge in [0.25, 0.3) is 0 Å². The lowest BCUT2D eigenvalue weighted by Crippen LogP contribution is -2.50. The van der Waals surface area contributed by atoms with Gasteiger partial charge < -0.3 is 29.9 Å². The number of rotatable bonds is 7. The summed E-state index contributed by atoms with van der Waals surface area (Å²) >= 11 is 0. The van der Waals surface area contributed by atoms with Gasteiger partial charge in [-0.15, -0.1) is 0 Å². The van der Waals surface area contributed by atoms with Gasteiger partial charge >= 0.3 is 0 Å². The van der Waals surface area contributed by atoms with Gasteiger partial charge in [-0.2, -0.15) is 0 Å². The molecule has 0 aromatic heterocycles. The zero-order valence-electron chi connectivity index (χ0n) is 14.1. The van der Waals surface area contributed by atoms with Crippen molar-refractivity contribution in [3.8, 4) is 0 Å². The van der Waals surface area contributed by atoms with Crippen LogP contribution in [0.1, 0.15) is 33.6 Å². The molecule has 2 heterocycles. The minimum atomic E-state index is -0.942. The average molecular weight is 330 g/mol. The summed E-state index contributed by atoms with van der Waals surface area (Å²) in [5.74, 6) is -0.106. The minimum Gasteiger partial charge on any atom is -0.393 e. The van der Waals surface area contributed by atoms with Crippen LogP contribution in [0.3, 0.4) is 0 Å². The van der Waals surface area contributed by atoms with E-state index in [-0.39, 0.29) is 30.7 Å². The van der Waals surface area contributed by atoms with E-state index in [9.17, 15) is 15.3 Å². The third kappa shape index (κ3) is 4.75. The molecular weight excluding hydrogens is 300 g/mol. The van der Waals surface area contributed by atoms with Gasteiger partial charge in [0.1, 0.15) is 6.10 Å². The van der Waals surface area contributed by atoms with E-state index in [2.05, 4.69) is 0 Å². The molecule has 4 N–H and O–H groups in total. The standard InChI is InChI=1S/C17H30O6/c1-9(4-5-18)6-13-16(21)15(20)12(8-22-13)7-14-17(23-14)10(2)11(3)19/h4,10-21H,5-8H2,1-3H3/b9-4+. The molecule has 2 aliphatic rings. The van der Waals surface area contributed by atoms with E-state index in [0.717, 1.165) is 5.57 Å². The van der Waals surface area contributed by atoms with Crippen molar-refractivity contribution in [2.24, 2.45) is 11.8 Å². The number of ether oxygens (including phenoxy) is 2. The first-order valence-corrected chi connectivity index (χ1v) is 8.42. The molecule has 0 radical (unpaired) electrons. The van der Waals surface area contributed by atoms with Gasteiger partial charge in [0.15, 0.2) is 0 Å². The van der Waals surface area contributed by atoms with Crippen molar-refractivity contribution in [2.75, 3.05) is 13.2 Å². The first-order chi connectivity index (χ1) is 10.8. The van der Waals surface area contributed by atoms with Crippen molar-refractivity contribution in [1.29, 1.82) is 0 Å². The summed E-state index contributed by atoms with van der Waals surface area (Å²) in [6, 6.07) is 0. The molecule has 8 atom stereocenters. The molecule has 0 bridgehead atoms. The van der Waals surface area contributed by atoms with E-state index < -0.39 is 24.4 Å². The first kappa shape index (κ1) is 18.8. The van der Waals surface area contributed by atoms with E-state index in [4.69, 9.17) is 14.6 Å². The molecule has 6 heteroatoms. The number of hydrogen-bond acceptors (Lipinski definition) is 6. The molecule has 0 saturated carbocycles. The summed E-state index contributed by atoms with van der Waals surface area (Å²) < 4.78 is 11.3. The largest absolute Gasteiger partial charge is 0.393 e. The first-order valence-electron chi connectivity index (χ1n) is 8.42. The molecule has 2 saturated heterocycles. The zero-order valence-corrected chi connectivity index (χ0v) is 14.1. The van der Waals surface area contributed by atoms with Crippen LogP contribution in [0.5, 0.6) is 0 Å². The molecule has 2 aliphatic heterocycles. The monoisotopic (exact) mass is 330 g/mol. The average Bonchev–Trinajstić information content (AvgIpc) is 3.25. The Morgan fingerprint density at radius 2 is 1.91 bits per heavy atom. The number of aliphatic hydroxyl groups is 4. The van der Waals surface area contributed by atoms with Crippen LogP contribution in [0.25, 0.3) is 0 Å². The van der Waals surface area contributed by atoms with Gasteiger partial charge in [0.2, 0.25) is 0 Å². The molecule has 2 rings (SSSR count). The molecule has 0 spiro atoms. The van der Waals surface area contributed by atoms with Gasteiger partial charge in [-0.3, -0.25) is 0 Å². The van der Waals surface area contributed by atoms with E-state index in [1.165, 1.54) is 0 Å². The molecule has 134 valence electrons. The van der Waals surface area contributed by atoms with E-state index in [1.807, 2.05) is 13.8 Å². The normalized spacial score (nSPS) is 40.7. The Hall–Kier alpha value is -0.500. The second-order valence-electron chi connectivity index (χ2n) is 7.02. The topological polar surface area (TPSA) is 103 Å². The van der Waals surface area contributed by atoms with Gasteiger partial charge in [-0.05, 0) is 26.7 Å². The second-order valence-corrected chi connectivity index (χ2v) is 7.02. The third-order valence-electron chi connectivity index (χ3n) is 5.14. The van der Waals surface area contributed by atoms with E-state index in [1.54, 1.807) is 13.0 Å². The van der Waals surface area contributed by atoms with Crippen LogP contribution in [-0.2, 0) is 9.47 Å². The highest BCUT2D eigenvalue weighted by Crippen LogP contribution is 2.38. The van der Waals surface area contributed by atoms with E-state index in [0.29, 0.717) is 19.4 Å². The molecule has 2 fully saturated rings. The predicted octanol–water partition coefficient (Wildman–Crippen LogP) is 0.226. The van der Waals surface area contributed by atoms with Crippen LogP contribution in [0, 0.1) is 11.8 Å². The third-order valence-corrected chi connectivity index (χ3v) is 5.14. The summed E-state index contributed by atoms with van der Waals surface area (Å²) in [5.41, 5.74) is 0.929. The van der Waals surface area contributed by atoms with Crippen molar-refractivity contribution < 1.29 is 29.9 Å². The molecule has 23 heavy (non-hydrogen) atoms. The lowest BCUT2D eigenvalue weighted by Gasteiger charge is -2.38. The van der Waals surface area contributed by atoms with Crippen LogP contribution in [0.4, 0.5) is 0 Å². The van der Waals surface area contributed by atoms with Crippen LogP contribution < -0.4 is 0 Å². The fourth-order valence-corrected chi connectivity index (χ4v) is 3.27. The Balaban J connectivity index is 1.83. The smallest absolute Gasteiger partial charge is 0.107 e. The molecule has 0 aliphatic carbocycles. The van der Waals surface area contributed by atoms with Crippen molar-refractivity contribution in [3.63, 3.8) is 0 Å². The Bertz CT molecular complexity index is 410. The Kier molecular flexibility index (Phi) is 6.59. The van der Waals surface area contributed by atoms with Gasteiger partial charge in [-0.1, -0.05) is 18.6 Å². The summed E-state index contributed by atoms with van der Waals surface area (Å²) in [6.07, 6.45) is 0.170. The van der Waals surface area contributed by atoms with E-state index >= 15 is 0 Å². The molecule has 6 nitrogen and oxygen atoms in total. The summed E-state index contributed by atoms with van der Waals surface area (Å²) in [5, 5.41) is 39.1. The quantitative estimate of drug-likeness (QED) is 0.394. The van der Waals surface area contributed by atoms with Crippen LogP contribution >= 0.6 is 0 Å². The van der Waals surface area contributed by atoms with Crippen molar-refractivity contribution in [3.05, 3.63) is 11.6 Å². The van der Waals surface area contributed by atoms with Crippen LogP contribution in [-0.4, -0.2) is 70.3 Å². The maximum absolute atomic E-state index is 10.4. The SMILES string of the molecule is C/C(=C\CO)CC1OCC(CC2OC2C(C)C(C)O)C(O)C1O. The fourth-order valence-electron chi connectivity index (χ4n) is 3.27. The Morgan fingerprint density at radius 3 is 2.52 bits per heavy atom. The summed E-state index contributed by atoms with van der Waals surface area (Å²) in [7, 11) is 0. The van der Waals surface area contributed by atoms with Crippen molar-refractivity contribution in [1.82, 2.24) is 0 Å². The van der Waals surface area contributed by atoms with Crippen LogP contribution in [0.15, 0.2) is 11.6 Å². The molecule has 0 amide bonds. The van der Waals surface area contributed by atoms with Crippen molar-refractivity contribution >= 4 is 0 Å². The maximum atomic E-state index is 10.4. The Morgan fingerprint density at radius 1 is 1.22 bits per heavy atom. The van der Waals surface area contributed by atoms with Gasteiger partial charge in [0.05, 0.1) is 43.7 Å². The number of aliphatic hydroxyl groups excluding tert-OH is 4. The Labute approximate surface area is 137 Å². The lowest BCUT2D eigenvalue weighted by molar-refractivity contribution is -0.165. The summed E-state index contributed by atoms with van der Waals surface area (Å²) in [4.78, 5) is 0. The highest BCUT2D eigenvalue weighted by Gasteiger charge is 2.48. The summed E-state index contributed by atoms with van der Waals surface area (Å²) in [6.45, 7) is 5.90. The highest BCUT2D eigenvalue weighted by molar-refractivity contribution is 5.03. The molecule has 0 aromatic rings. The second kappa shape index (κ2) is 8.05. The van der Waals surface area contributed by atoms with Crippen LogP contribution in [0.2, 0.25) is 0 Å². The maximum Gasteiger partial charge on any atom is 0.107 e.